The third-order valence-corrected chi connectivity index (χ3v) is 4.60. The molecule has 1 aliphatic rings. The Labute approximate surface area is 121 Å². The molecule has 0 bridgehead atoms. The van der Waals surface area contributed by atoms with Crippen molar-refractivity contribution in [3.05, 3.63) is 0 Å². The van der Waals surface area contributed by atoms with Crippen LogP contribution in [0.2, 0.25) is 0 Å². The van der Waals surface area contributed by atoms with Crippen molar-refractivity contribution in [2.24, 2.45) is 5.92 Å². The predicted octanol–water partition coefficient (Wildman–Crippen LogP) is 4.05. The van der Waals surface area contributed by atoms with Crippen molar-refractivity contribution in [3.63, 3.8) is 0 Å². The molecule has 114 valence electrons. The molecule has 0 saturated carbocycles. The van der Waals surface area contributed by atoms with Crippen LogP contribution in [0, 0.1) is 5.92 Å². The highest BCUT2D eigenvalue weighted by molar-refractivity contribution is 4.85. The fourth-order valence-corrected chi connectivity index (χ4v) is 3.17. The van der Waals surface area contributed by atoms with Crippen molar-refractivity contribution >= 4 is 0 Å². The number of nitrogens with zero attached hydrogens (tertiary/aromatic N) is 1. The van der Waals surface area contributed by atoms with Crippen LogP contribution in [0.1, 0.15) is 73.6 Å². The Hall–Kier alpha value is -0.0800. The van der Waals surface area contributed by atoms with Gasteiger partial charge in [0.2, 0.25) is 0 Å². The molecule has 3 unspecified atom stereocenters. The van der Waals surface area contributed by atoms with Gasteiger partial charge in [-0.05, 0) is 66.0 Å². The average Bonchev–Trinajstić information content (AvgIpc) is 2.35. The van der Waals surface area contributed by atoms with Crippen molar-refractivity contribution < 1.29 is 0 Å². The number of likely N-dealkylation sites (tertiary alicyclic amines) is 1. The molecule has 0 aromatic rings. The minimum absolute atomic E-state index is 0.235. The highest BCUT2D eigenvalue weighted by Gasteiger charge is 2.28. The van der Waals surface area contributed by atoms with Gasteiger partial charge in [0.25, 0.3) is 0 Å². The standard InChI is InChI=1S/C17H36N2/c1-7-10-16-11-8-9-12-19(16)15(3)14(2)13-18-17(4,5)6/h14-16,18H,7-13H2,1-6H3. The van der Waals surface area contributed by atoms with E-state index in [0.717, 1.165) is 18.5 Å². The molecule has 2 heteroatoms. The lowest BCUT2D eigenvalue weighted by atomic mass is 9.92. The van der Waals surface area contributed by atoms with Crippen molar-refractivity contribution in [2.75, 3.05) is 13.1 Å². The molecule has 1 saturated heterocycles. The summed E-state index contributed by atoms with van der Waals surface area (Å²) in [6.07, 6.45) is 6.94. The summed E-state index contributed by atoms with van der Waals surface area (Å²) in [5, 5.41) is 3.66. The molecule has 1 N–H and O–H groups in total. The second kappa shape index (κ2) is 7.64. The smallest absolute Gasteiger partial charge is 0.0108 e. The van der Waals surface area contributed by atoms with Crippen LogP contribution in [0.4, 0.5) is 0 Å². The van der Waals surface area contributed by atoms with Gasteiger partial charge in [0.1, 0.15) is 0 Å². The molecule has 0 aromatic carbocycles. The molecule has 0 aromatic heterocycles. The summed E-state index contributed by atoms with van der Waals surface area (Å²) in [7, 11) is 0. The first-order chi connectivity index (χ1) is 8.85. The van der Waals surface area contributed by atoms with Crippen LogP contribution in [0.3, 0.4) is 0 Å². The zero-order valence-electron chi connectivity index (χ0n) is 14.1. The van der Waals surface area contributed by atoms with Crippen molar-refractivity contribution in [2.45, 2.75) is 91.3 Å². The SMILES string of the molecule is CCCC1CCCCN1C(C)C(C)CNC(C)(C)C. The molecule has 0 radical (unpaired) electrons. The van der Waals surface area contributed by atoms with E-state index >= 15 is 0 Å². The lowest BCUT2D eigenvalue weighted by Gasteiger charge is -2.42. The monoisotopic (exact) mass is 268 g/mol. The Morgan fingerprint density at radius 1 is 1.21 bits per heavy atom. The van der Waals surface area contributed by atoms with E-state index in [1.807, 2.05) is 0 Å². The van der Waals surface area contributed by atoms with Gasteiger partial charge in [-0.3, -0.25) is 4.90 Å². The minimum atomic E-state index is 0.235. The summed E-state index contributed by atoms with van der Waals surface area (Å²) in [6.45, 7) is 16.4. The third-order valence-electron chi connectivity index (χ3n) is 4.60. The number of nitrogens with one attached hydrogen (secondary N) is 1. The molecule has 2 nitrogen and oxygen atoms in total. The third kappa shape index (κ3) is 5.83. The lowest BCUT2D eigenvalue weighted by molar-refractivity contribution is 0.0675. The fraction of sp³-hybridized carbons (Fsp3) is 1.00. The quantitative estimate of drug-likeness (QED) is 0.781. The predicted molar refractivity (Wildman–Crippen MR) is 85.6 cm³/mol. The van der Waals surface area contributed by atoms with Crippen LogP contribution in [-0.2, 0) is 0 Å². The van der Waals surface area contributed by atoms with E-state index in [1.54, 1.807) is 0 Å². The van der Waals surface area contributed by atoms with Crippen molar-refractivity contribution in [1.29, 1.82) is 0 Å². The van der Waals surface area contributed by atoms with E-state index in [2.05, 4.69) is 51.8 Å². The van der Waals surface area contributed by atoms with Crippen molar-refractivity contribution in [1.82, 2.24) is 10.2 Å². The Morgan fingerprint density at radius 3 is 2.47 bits per heavy atom. The zero-order chi connectivity index (χ0) is 14.5. The first-order valence-electron chi connectivity index (χ1n) is 8.36. The van der Waals surface area contributed by atoms with E-state index in [-0.39, 0.29) is 5.54 Å². The largest absolute Gasteiger partial charge is 0.312 e. The highest BCUT2D eigenvalue weighted by Crippen LogP contribution is 2.25. The zero-order valence-corrected chi connectivity index (χ0v) is 14.1. The summed E-state index contributed by atoms with van der Waals surface area (Å²) >= 11 is 0. The maximum Gasteiger partial charge on any atom is 0.0108 e. The summed E-state index contributed by atoms with van der Waals surface area (Å²) in [5.41, 5.74) is 0.235. The van der Waals surface area contributed by atoms with Gasteiger partial charge in [0.15, 0.2) is 0 Å². The second-order valence-corrected chi connectivity index (χ2v) is 7.52. The number of piperidine rings is 1. The summed E-state index contributed by atoms with van der Waals surface area (Å²) < 4.78 is 0. The Morgan fingerprint density at radius 2 is 1.89 bits per heavy atom. The molecule has 0 spiro atoms. The van der Waals surface area contributed by atoms with Gasteiger partial charge in [-0.2, -0.15) is 0 Å². The summed E-state index contributed by atoms with van der Waals surface area (Å²) in [4.78, 5) is 2.79. The van der Waals surface area contributed by atoms with Crippen molar-refractivity contribution in [3.8, 4) is 0 Å². The minimum Gasteiger partial charge on any atom is -0.312 e. The van der Waals surface area contributed by atoms with Gasteiger partial charge < -0.3 is 5.32 Å². The van der Waals surface area contributed by atoms with Gasteiger partial charge >= 0.3 is 0 Å². The van der Waals surface area contributed by atoms with Crippen LogP contribution in [0.5, 0.6) is 0 Å². The van der Waals surface area contributed by atoms with Crippen LogP contribution < -0.4 is 5.32 Å². The van der Waals surface area contributed by atoms with Crippen LogP contribution >= 0.6 is 0 Å². The molecule has 1 heterocycles. The topological polar surface area (TPSA) is 15.3 Å². The van der Waals surface area contributed by atoms with Gasteiger partial charge in [-0.1, -0.05) is 26.7 Å². The molecular formula is C17H36N2. The van der Waals surface area contributed by atoms with E-state index in [0.29, 0.717) is 6.04 Å². The van der Waals surface area contributed by atoms with Gasteiger partial charge in [0, 0.05) is 17.6 Å². The van der Waals surface area contributed by atoms with Crippen LogP contribution in [-0.4, -0.2) is 35.6 Å². The first kappa shape index (κ1) is 17.0. The molecular weight excluding hydrogens is 232 g/mol. The highest BCUT2D eigenvalue weighted by atomic mass is 15.2. The number of rotatable bonds is 6. The summed E-state index contributed by atoms with van der Waals surface area (Å²) in [5.74, 6) is 0.719. The molecule has 1 aliphatic heterocycles. The average molecular weight is 268 g/mol. The molecule has 3 atom stereocenters. The molecule has 1 rings (SSSR count). The van der Waals surface area contributed by atoms with Crippen LogP contribution in [0.25, 0.3) is 0 Å². The molecule has 19 heavy (non-hydrogen) atoms. The van der Waals surface area contributed by atoms with E-state index in [9.17, 15) is 0 Å². The van der Waals surface area contributed by atoms with Gasteiger partial charge in [-0.15, -0.1) is 0 Å². The Bertz CT molecular complexity index is 242. The maximum absolute atomic E-state index is 3.66. The van der Waals surface area contributed by atoms with Crippen LogP contribution in [0.15, 0.2) is 0 Å². The van der Waals surface area contributed by atoms with Gasteiger partial charge in [-0.25, -0.2) is 0 Å². The van der Waals surface area contributed by atoms with E-state index < -0.39 is 0 Å². The molecule has 0 aliphatic carbocycles. The number of hydrogen-bond donors (Lipinski definition) is 1. The Kier molecular flexibility index (Phi) is 6.82. The Balaban J connectivity index is 2.50. The molecule has 1 fully saturated rings. The maximum atomic E-state index is 3.66. The first-order valence-corrected chi connectivity index (χ1v) is 8.36. The normalized spacial score (nSPS) is 25.3. The summed E-state index contributed by atoms with van der Waals surface area (Å²) in [6, 6.07) is 1.54. The van der Waals surface area contributed by atoms with E-state index in [1.165, 1.54) is 38.6 Å². The fourth-order valence-electron chi connectivity index (χ4n) is 3.17. The van der Waals surface area contributed by atoms with E-state index in [4.69, 9.17) is 0 Å². The second-order valence-electron chi connectivity index (χ2n) is 7.52. The lowest BCUT2D eigenvalue weighted by Crippen LogP contribution is -2.50. The number of hydrogen-bond acceptors (Lipinski definition) is 2. The molecule has 0 amide bonds. The van der Waals surface area contributed by atoms with Gasteiger partial charge in [0.05, 0.1) is 0 Å².